The first-order chi connectivity index (χ1) is 6.67. The van der Waals surface area contributed by atoms with E-state index < -0.39 is 5.82 Å². The number of carbonyl (C=O) groups excluding carboxylic acids is 1. The van der Waals surface area contributed by atoms with Crippen LogP contribution < -0.4 is 5.32 Å². The second kappa shape index (κ2) is 4.56. The van der Waals surface area contributed by atoms with Gasteiger partial charge in [0.1, 0.15) is 5.82 Å². The van der Waals surface area contributed by atoms with Crippen LogP contribution in [0.1, 0.15) is 22.8 Å². The molecule has 0 atom stereocenters. The van der Waals surface area contributed by atoms with E-state index in [1.165, 1.54) is 18.2 Å². The van der Waals surface area contributed by atoms with Gasteiger partial charge >= 0.3 is 0 Å². The minimum Gasteiger partial charge on any atom is -0.352 e. The van der Waals surface area contributed by atoms with E-state index in [0.29, 0.717) is 17.7 Å². The quantitative estimate of drug-likeness (QED) is 0.783. The van der Waals surface area contributed by atoms with Crippen LogP contribution >= 0.6 is 0 Å². The average molecular weight is 193 g/mol. The van der Waals surface area contributed by atoms with E-state index >= 15 is 0 Å². The topological polar surface area (TPSA) is 29.1 Å². The fourth-order valence-corrected chi connectivity index (χ4v) is 1.12. The van der Waals surface area contributed by atoms with Crippen molar-refractivity contribution in [3.63, 3.8) is 0 Å². The summed E-state index contributed by atoms with van der Waals surface area (Å²) in [5.41, 5.74) is 0.924. The van der Waals surface area contributed by atoms with Crippen molar-refractivity contribution in [1.82, 2.24) is 5.32 Å². The minimum atomic E-state index is -0.427. The molecule has 0 aliphatic carbocycles. The molecule has 3 heteroatoms. The zero-order chi connectivity index (χ0) is 10.6. The molecule has 0 spiro atoms. The number of amides is 1. The number of nitrogens with one attached hydrogen (secondary N) is 1. The lowest BCUT2D eigenvalue weighted by molar-refractivity contribution is 0.0955. The van der Waals surface area contributed by atoms with E-state index in [1.54, 1.807) is 6.07 Å². The summed E-state index contributed by atoms with van der Waals surface area (Å²) in [4.78, 5) is 11.4. The largest absolute Gasteiger partial charge is 0.352 e. The molecule has 1 rings (SSSR count). The Labute approximate surface area is 82.4 Å². The smallest absolute Gasteiger partial charge is 0.251 e. The van der Waals surface area contributed by atoms with Crippen molar-refractivity contribution in [2.24, 2.45) is 0 Å². The Morgan fingerprint density at radius 2 is 2.29 bits per heavy atom. The predicted octanol–water partition coefficient (Wildman–Crippen LogP) is 2.22. The molecule has 0 aromatic heterocycles. The molecule has 14 heavy (non-hydrogen) atoms. The molecule has 0 saturated heterocycles. The van der Waals surface area contributed by atoms with Crippen molar-refractivity contribution in [3.05, 3.63) is 41.7 Å². The maximum absolute atomic E-state index is 13.0. The summed E-state index contributed by atoms with van der Waals surface area (Å²) < 4.78 is 13.0. The first-order valence-electron chi connectivity index (χ1n) is 4.38. The molecule has 0 unspecified atom stereocenters. The third kappa shape index (κ3) is 2.42. The lowest BCUT2D eigenvalue weighted by atomic mass is 10.1. The summed E-state index contributed by atoms with van der Waals surface area (Å²) in [6, 6.07) is 4.13. The Morgan fingerprint density at radius 1 is 1.57 bits per heavy atom. The summed E-state index contributed by atoms with van der Waals surface area (Å²) in [5, 5.41) is 2.60. The fraction of sp³-hybridized carbons (Fsp3) is 0.182. The summed E-state index contributed by atoms with van der Waals surface area (Å²) in [7, 11) is 0. The summed E-state index contributed by atoms with van der Waals surface area (Å²) in [6.07, 6.45) is 1.51. The number of rotatable bonds is 3. The van der Waals surface area contributed by atoms with Gasteiger partial charge in [-0.25, -0.2) is 4.39 Å². The predicted molar refractivity (Wildman–Crippen MR) is 54.5 cm³/mol. The van der Waals surface area contributed by atoms with Crippen LogP contribution in [0, 0.1) is 5.82 Å². The van der Waals surface area contributed by atoms with Gasteiger partial charge in [0.05, 0.1) is 0 Å². The molecule has 1 aromatic carbocycles. The number of hydrogen-bond acceptors (Lipinski definition) is 1. The highest BCUT2D eigenvalue weighted by Gasteiger charge is 2.06. The van der Waals surface area contributed by atoms with Gasteiger partial charge in [-0.3, -0.25) is 4.79 Å². The standard InChI is InChI=1S/C11H12FNO/c1-3-8-5-9(7-10(12)6-8)11(14)13-4-2/h3,5-7H,1,4H2,2H3,(H,13,14). The lowest BCUT2D eigenvalue weighted by Crippen LogP contribution is -2.22. The van der Waals surface area contributed by atoms with Gasteiger partial charge in [0.15, 0.2) is 0 Å². The third-order valence-electron chi connectivity index (χ3n) is 1.76. The molecule has 2 nitrogen and oxygen atoms in total. The summed E-state index contributed by atoms with van der Waals surface area (Å²) in [6.45, 7) is 5.86. The van der Waals surface area contributed by atoms with Crippen molar-refractivity contribution in [3.8, 4) is 0 Å². The van der Waals surface area contributed by atoms with Crippen LogP contribution in [0.3, 0.4) is 0 Å². The van der Waals surface area contributed by atoms with Gasteiger partial charge in [-0.15, -0.1) is 0 Å². The molecular formula is C11H12FNO. The van der Waals surface area contributed by atoms with Gasteiger partial charge < -0.3 is 5.32 Å². The van der Waals surface area contributed by atoms with Crippen molar-refractivity contribution >= 4 is 12.0 Å². The van der Waals surface area contributed by atoms with Crippen LogP contribution in [0.5, 0.6) is 0 Å². The first-order valence-corrected chi connectivity index (χ1v) is 4.38. The van der Waals surface area contributed by atoms with Crippen LogP contribution in [-0.2, 0) is 0 Å². The highest BCUT2D eigenvalue weighted by molar-refractivity contribution is 5.94. The van der Waals surface area contributed by atoms with Gasteiger partial charge in [-0.05, 0) is 30.7 Å². The van der Waals surface area contributed by atoms with Crippen molar-refractivity contribution in [1.29, 1.82) is 0 Å². The maximum Gasteiger partial charge on any atom is 0.251 e. The van der Waals surface area contributed by atoms with E-state index in [-0.39, 0.29) is 5.91 Å². The van der Waals surface area contributed by atoms with E-state index in [2.05, 4.69) is 11.9 Å². The second-order valence-corrected chi connectivity index (χ2v) is 2.84. The van der Waals surface area contributed by atoms with E-state index in [4.69, 9.17) is 0 Å². The average Bonchev–Trinajstić information content (AvgIpc) is 2.17. The molecule has 74 valence electrons. The molecule has 0 aliphatic heterocycles. The highest BCUT2D eigenvalue weighted by atomic mass is 19.1. The van der Waals surface area contributed by atoms with Crippen molar-refractivity contribution in [2.75, 3.05) is 6.54 Å². The molecule has 0 saturated carbocycles. The fourth-order valence-electron chi connectivity index (χ4n) is 1.12. The van der Waals surface area contributed by atoms with Gasteiger partial charge in [0.25, 0.3) is 5.91 Å². The van der Waals surface area contributed by atoms with Crippen LogP contribution in [-0.4, -0.2) is 12.5 Å². The van der Waals surface area contributed by atoms with E-state index in [9.17, 15) is 9.18 Å². The molecule has 0 radical (unpaired) electrons. The van der Waals surface area contributed by atoms with Crippen LogP contribution in [0.15, 0.2) is 24.8 Å². The molecule has 1 N–H and O–H groups in total. The van der Waals surface area contributed by atoms with Crippen LogP contribution in [0.25, 0.3) is 6.08 Å². The molecule has 1 amide bonds. The Kier molecular flexibility index (Phi) is 3.40. The van der Waals surface area contributed by atoms with Gasteiger partial charge in [0.2, 0.25) is 0 Å². The minimum absolute atomic E-state index is 0.268. The SMILES string of the molecule is C=Cc1cc(F)cc(C(=O)NCC)c1. The summed E-state index contributed by atoms with van der Waals surface area (Å²) >= 11 is 0. The molecule has 0 heterocycles. The van der Waals surface area contributed by atoms with Gasteiger partial charge in [-0.1, -0.05) is 12.7 Å². The monoisotopic (exact) mass is 193 g/mol. The van der Waals surface area contributed by atoms with E-state index in [1.807, 2.05) is 6.92 Å². The summed E-state index contributed by atoms with van der Waals surface area (Å²) in [5.74, 6) is -0.696. The Hall–Kier alpha value is -1.64. The zero-order valence-corrected chi connectivity index (χ0v) is 8.01. The van der Waals surface area contributed by atoms with Crippen molar-refractivity contribution < 1.29 is 9.18 Å². The third-order valence-corrected chi connectivity index (χ3v) is 1.76. The van der Waals surface area contributed by atoms with Crippen LogP contribution in [0.2, 0.25) is 0 Å². The molecular weight excluding hydrogens is 181 g/mol. The first kappa shape index (κ1) is 10.4. The zero-order valence-electron chi connectivity index (χ0n) is 8.01. The number of carbonyl (C=O) groups is 1. The van der Waals surface area contributed by atoms with Gasteiger partial charge in [-0.2, -0.15) is 0 Å². The number of hydrogen-bond donors (Lipinski definition) is 1. The molecule has 0 fully saturated rings. The molecule has 0 aliphatic rings. The number of benzene rings is 1. The second-order valence-electron chi connectivity index (χ2n) is 2.84. The molecule has 0 bridgehead atoms. The normalized spacial score (nSPS) is 9.57. The Balaban J connectivity index is 3.02. The Bertz CT molecular complexity index is 360. The number of halogens is 1. The van der Waals surface area contributed by atoms with Crippen molar-refractivity contribution in [2.45, 2.75) is 6.92 Å². The van der Waals surface area contributed by atoms with Crippen LogP contribution in [0.4, 0.5) is 4.39 Å². The van der Waals surface area contributed by atoms with E-state index in [0.717, 1.165) is 0 Å². The molecule has 1 aromatic rings. The maximum atomic E-state index is 13.0. The Morgan fingerprint density at radius 3 is 2.86 bits per heavy atom. The van der Waals surface area contributed by atoms with Gasteiger partial charge in [0, 0.05) is 12.1 Å². The lowest BCUT2D eigenvalue weighted by Gasteiger charge is -2.03. The highest BCUT2D eigenvalue weighted by Crippen LogP contribution is 2.10.